The van der Waals surface area contributed by atoms with E-state index in [2.05, 4.69) is 6.58 Å². The maximum atomic E-state index is 11.5. The van der Waals surface area contributed by atoms with Gasteiger partial charge in [-0.05, 0) is 27.2 Å². The van der Waals surface area contributed by atoms with Gasteiger partial charge < -0.3 is 14.9 Å². The van der Waals surface area contributed by atoms with Crippen molar-refractivity contribution in [2.24, 2.45) is 0 Å². The van der Waals surface area contributed by atoms with Crippen LogP contribution in [0.3, 0.4) is 0 Å². The van der Waals surface area contributed by atoms with E-state index in [0.29, 0.717) is 0 Å². The number of carbonyl (C=O) groups excluding carboxylic acids is 1. The fourth-order valence-corrected chi connectivity index (χ4v) is 0.970. The van der Waals surface area contributed by atoms with Crippen LogP contribution in [0.2, 0.25) is 0 Å². The molecule has 0 aromatic heterocycles. The van der Waals surface area contributed by atoms with Gasteiger partial charge in [0.05, 0.1) is 0 Å². The van der Waals surface area contributed by atoms with Gasteiger partial charge >= 0.3 is 11.9 Å². The van der Waals surface area contributed by atoms with Crippen molar-refractivity contribution in [1.29, 1.82) is 0 Å². The van der Waals surface area contributed by atoms with Gasteiger partial charge in [0, 0.05) is 6.42 Å². The van der Waals surface area contributed by atoms with Crippen LogP contribution in [0.5, 0.6) is 0 Å². The van der Waals surface area contributed by atoms with Crippen LogP contribution in [0.1, 0.15) is 33.6 Å². The van der Waals surface area contributed by atoms with Crippen LogP contribution in [0, 0.1) is 0 Å². The number of allylic oxidation sites excluding steroid dienone is 1. The lowest BCUT2D eigenvalue weighted by atomic mass is 9.97. The Balaban J connectivity index is 4.84. The van der Waals surface area contributed by atoms with Crippen LogP contribution < -0.4 is 0 Å². The van der Waals surface area contributed by atoms with Crippen LogP contribution in [0.15, 0.2) is 12.7 Å². The Morgan fingerprint density at radius 1 is 1.38 bits per heavy atom. The number of hydrogen-bond acceptors (Lipinski definition) is 4. The molecule has 0 fully saturated rings. The van der Waals surface area contributed by atoms with E-state index < -0.39 is 23.1 Å². The minimum atomic E-state index is -2.50. The van der Waals surface area contributed by atoms with Gasteiger partial charge in [0.25, 0.3) is 5.60 Å². The zero-order chi connectivity index (χ0) is 13.0. The molecule has 5 nitrogen and oxygen atoms in total. The minimum absolute atomic E-state index is 0.210. The molecule has 0 aromatic carbocycles. The molecule has 0 aliphatic heterocycles. The Kier molecular flexibility index (Phi) is 4.68. The predicted molar refractivity (Wildman–Crippen MR) is 57.9 cm³/mol. The quantitative estimate of drug-likeness (QED) is 0.420. The maximum absolute atomic E-state index is 11.5. The highest BCUT2D eigenvalue weighted by Crippen LogP contribution is 2.20. The molecule has 0 spiro atoms. The number of carbonyl (C=O) groups is 2. The molecule has 1 atom stereocenters. The summed E-state index contributed by atoms with van der Waals surface area (Å²) in [7, 11) is 0. The summed E-state index contributed by atoms with van der Waals surface area (Å²) in [4.78, 5) is 22.4. The Bertz CT molecular complexity index is 289. The van der Waals surface area contributed by atoms with Crippen molar-refractivity contribution < 1.29 is 24.5 Å². The second-order valence-corrected chi connectivity index (χ2v) is 4.49. The second-order valence-electron chi connectivity index (χ2n) is 4.49. The van der Waals surface area contributed by atoms with Crippen LogP contribution in [-0.2, 0) is 14.3 Å². The zero-order valence-electron chi connectivity index (χ0n) is 9.82. The molecule has 2 N–H and O–H groups in total. The largest absolute Gasteiger partial charge is 0.479 e. The first kappa shape index (κ1) is 14.6. The van der Waals surface area contributed by atoms with E-state index in [1.54, 1.807) is 20.8 Å². The molecule has 0 heterocycles. The molecule has 0 rings (SSSR count). The molecule has 0 aliphatic carbocycles. The van der Waals surface area contributed by atoms with Crippen molar-refractivity contribution in [3.8, 4) is 0 Å². The summed E-state index contributed by atoms with van der Waals surface area (Å²) in [6.45, 7) is 8.19. The molecule has 5 heteroatoms. The smallest absolute Gasteiger partial charge is 0.350 e. The molecule has 0 bridgehead atoms. The van der Waals surface area contributed by atoms with E-state index in [1.807, 2.05) is 0 Å². The normalized spacial score (nSPS) is 15.0. The van der Waals surface area contributed by atoms with Gasteiger partial charge in [0.2, 0.25) is 0 Å². The van der Waals surface area contributed by atoms with Crippen molar-refractivity contribution in [3.63, 3.8) is 0 Å². The predicted octanol–water partition coefficient (Wildman–Crippen LogP) is 1.11. The Morgan fingerprint density at radius 2 is 1.88 bits per heavy atom. The average Bonchev–Trinajstić information content (AvgIpc) is 2.10. The molecular weight excluding hydrogens is 212 g/mol. The van der Waals surface area contributed by atoms with E-state index in [1.165, 1.54) is 6.08 Å². The third kappa shape index (κ3) is 4.02. The molecule has 0 saturated heterocycles. The number of carboxylic acid groups (broad SMARTS) is 1. The van der Waals surface area contributed by atoms with Crippen molar-refractivity contribution in [3.05, 3.63) is 12.7 Å². The van der Waals surface area contributed by atoms with Crippen LogP contribution in [0.4, 0.5) is 0 Å². The zero-order valence-corrected chi connectivity index (χ0v) is 9.82. The summed E-state index contributed by atoms with van der Waals surface area (Å²) >= 11 is 0. The summed E-state index contributed by atoms with van der Waals surface area (Å²) < 4.78 is 4.86. The summed E-state index contributed by atoms with van der Waals surface area (Å²) in [5.74, 6) is -2.75. The lowest BCUT2D eigenvalue weighted by Crippen LogP contribution is -2.49. The van der Waals surface area contributed by atoms with Crippen molar-refractivity contribution in [1.82, 2.24) is 0 Å². The first-order valence-electron chi connectivity index (χ1n) is 4.93. The molecule has 0 aliphatic rings. The second kappa shape index (κ2) is 5.12. The Morgan fingerprint density at radius 3 is 2.19 bits per heavy atom. The number of carboxylic acids is 1. The van der Waals surface area contributed by atoms with E-state index in [-0.39, 0.29) is 12.8 Å². The molecule has 0 amide bonds. The standard InChI is InChI=1S/C11H18O5/c1-5-6-7-11(15,8(12)13)9(14)16-10(2,3)4/h5,15H,1,6-7H2,2-4H3,(H,12,13). The van der Waals surface area contributed by atoms with E-state index in [4.69, 9.17) is 9.84 Å². The van der Waals surface area contributed by atoms with Gasteiger partial charge in [0.1, 0.15) is 5.60 Å². The molecule has 0 radical (unpaired) electrons. The molecule has 16 heavy (non-hydrogen) atoms. The highest BCUT2D eigenvalue weighted by atomic mass is 16.6. The monoisotopic (exact) mass is 230 g/mol. The number of hydrogen-bond donors (Lipinski definition) is 2. The third-order valence-electron chi connectivity index (χ3n) is 1.80. The molecule has 1 unspecified atom stereocenters. The molecule has 0 aromatic rings. The molecule has 92 valence electrons. The topological polar surface area (TPSA) is 83.8 Å². The van der Waals surface area contributed by atoms with Gasteiger partial charge in [-0.15, -0.1) is 6.58 Å². The van der Waals surface area contributed by atoms with E-state index >= 15 is 0 Å². The highest BCUT2D eigenvalue weighted by Gasteiger charge is 2.46. The van der Waals surface area contributed by atoms with Gasteiger partial charge in [-0.1, -0.05) is 6.08 Å². The van der Waals surface area contributed by atoms with E-state index in [0.717, 1.165) is 0 Å². The van der Waals surface area contributed by atoms with Crippen LogP contribution in [-0.4, -0.2) is 33.4 Å². The molecular formula is C11H18O5. The highest BCUT2D eigenvalue weighted by molar-refractivity contribution is 6.02. The summed E-state index contributed by atoms with van der Waals surface area (Å²) in [6, 6.07) is 0. The lowest BCUT2D eigenvalue weighted by molar-refractivity contribution is -0.188. The summed E-state index contributed by atoms with van der Waals surface area (Å²) in [5, 5.41) is 18.6. The number of aliphatic hydroxyl groups is 1. The van der Waals surface area contributed by atoms with Gasteiger partial charge in [-0.2, -0.15) is 0 Å². The SMILES string of the molecule is C=CCCC(O)(C(=O)O)C(=O)OC(C)(C)C. The number of esters is 1. The maximum Gasteiger partial charge on any atom is 0.350 e. The fourth-order valence-electron chi connectivity index (χ4n) is 0.970. The molecule has 0 saturated carbocycles. The van der Waals surface area contributed by atoms with Gasteiger partial charge in [0.15, 0.2) is 0 Å². The number of aliphatic carboxylic acids is 1. The van der Waals surface area contributed by atoms with Gasteiger partial charge in [-0.25, -0.2) is 9.59 Å². The first-order valence-corrected chi connectivity index (χ1v) is 4.93. The third-order valence-corrected chi connectivity index (χ3v) is 1.80. The Labute approximate surface area is 94.7 Å². The minimum Gasteiger partial charge on any atom is -0.479 e. The van der Waals surface area contributed by atoms with Gasteiger partial charge in [-0.3, -0.25) is 0 Å². The summed E-state index contributed by atoms with van der Waals surface area (Å²) in [5.41, 5.74) is -3.34. The van der Waals surface area contributed by atoms with Crippen molar-refractivity contribution >= 4 is 11.9 Å². The number of ether oxygens (including phenoxy) is 1. The first-order chi connectivity index (χ1) is 7.13. The lowest BCUT2D eigenvalue weighted by Gasteiger charge is -2.26. The summed E-state index contributed by atoms with van der Waals surface area (Å²) in [6.07, 6.45) is 1.39. The average molecular weight is 230 g/mol. The van der Waals surface area contributed by atoms with Crippen LogP contribution in [0.25, 0.3) is 0 Å². The van der Waals surface area contributed by atoms with Crippen LogP contribution >= 0.6 is 0 Å². The Hall–Kier alpha value is -1.36. The fraction of sp³-hybridized carbons (Fsp3) is 0.636. The van der Waals surface area contributed by atoms with Crippen molar-refractivity contribution in [2.45, 2.75) is 44.8 Å². The number of rotatable bonds is 5. The van der Waals surface area contributed by atoms with Crippen molar-refractivity contribution in [2.75, 3.05) is 0 Å². The van der Waals surface area contributed by atoms with E-state index in [9.17, 15) is 14.7 Å².